The Morgan fingerprint density at radius 2 is 1.21 bits per heavy atom. The Balaban J connectivity index is 1.10. The second-order valence-corrected chi connectivity index (χ2v) is 18.2. The van der Waals surface area contributed by atoms with Gasteiger partial charge in [0, 0.05) is 23.8 Å². The molecule has 75 heavy (non-hydrogen) atoms. The van der Waals surface area contributed by atoms with E-state index < -0.39 is 193 Å². The normalized spacial score (nSPS) is 36.4. The molecule has 8 rings (SSSR count). The van der Waals surface area contributed by atoms with Crippen molar-refractivity contribution in [2.24, 2.45) is 0 Å². The van der Waals surface area contributed by atoms with Crippen molar-refractivity contribution in [3.63, 3.8) is 0 Å². The summed E-state index contributed by atoms with van der Waals surface area (Å²) in [5, 5.41) is 159. The monoisotopic (exact) mass is 1060 g/mol. The highest BCUT2D eigenvalue weighted by atomic mass is 16.8. The third-order valence-electron chi connectivity index (χ3n) is 13.0. The van der Waals surface area contributed by atoms with Crippen molar-refractivity contribution in [3.05, 3.63) is 76.5 Å². The van der Waals surface area contributed by atoms with Crippen molar-refractivity contribution in [2.45, 2.75) is 137 Å². The van der Waals surface area contributed by atoms with Crippen LogP contribution in [0.25, 0.3) is 28.4 Å². The molecule has 0 radical (unpaired) electrons. The molecule has 0 bridgehead atoms. The van der Waals surface area contributed by atoms with Crippen LogP contribution in [-0.2, 0) is 42.7 Å². The summed E-state index contributed by atoms with van der Waals surface area (Å²) in [6, 6.07) is 10.6. The average molecular weight is 1060 g/mol. The number of phenols is 5. The number of carbonyl (C=O) groups excluding carboxylic acids is 1. The van der Waals surface area contributed by atoms with E-state index in [9.17, 15) is 86.2 Å². The number of hydrogen-bond donors (Lipinski definition) is 15. The molecule has 4 aliphatic heterocycles. The number of aliphatic hydroxyl groups excluding tert-OH is 10. The van der Waals surface area contributed by atoms with Crippen LogP contribution in [0.1, 0.15) is 19.4 Å². The number of hydrogen-bond acceptors (Lipinski definition) is 27. The van der Waals surface area contributed by atoms with E-state index in [-0.39, 0.29) is 11.3 Å². The van der Waals surface area contributed by atoms with Gasteiger partial charge in [-0.25, -0.2) is 4.79 Å². The van der Waals surface area contributed by atoms with E-state index in [1.165, 1.54) is 50.3 Å². The molecule has 1 aromatic heterocycles. The Kier molecular flexibility index (Phi) is 16.9. The zero-order valence-electron chi connectivity index (χ0n) is 39.4. The van der Waals surface area contributed by atoms with Crippen LogP contribution in [0.4, 0.5) is 0 Å². The number of aromatic hydroxyl groups is 5. The number of rotatable bonds is 14. The highest BCUT2D eigenvalue weighted by Crippen LogP contribution is 2.41. The smallest absolute Gasteiger partial charge is 0.331 e. The Bertz CT molecular complexity index is 2710. The molecule has 20 unspecified atom stereocenters. The van der Waals surface area contributed by atoms with Gasteiger partial charge in [-0.3, -0.25) is 4.79 Å². The zero-order chi connectivity index (χ0) is 54.3. The predicted octanol–water partition coefficient (Wildman–Crippen LogP) is -3.04. The third kappa shape index (κ3) is 11.5. The highest BCUT2D eigenvalue weighted by molar-refractivity contribution is 5.88. The lowest BCUT2D eigenvalue weighted by Gasteiger charge is -2.47. The zero-order valence-corrected chi connectivity index (χ0v) is 39.4. The predicted molar refractivity (Wildman–Crippen MR) is 245 cm³/mol. The van der Waals surface area contributed by atoms with Gasteiger partial charge in [0.25, 0.3) is 0 Å². The van der Waals surface area contributed by atoms with Gasteiger partial charge in [0.2, 0.25) is 17.5 Å². The Hall–Kier alpha value is -5.80. The van der Waals surface area contributed by atoms with Crippen LogP contribution >= 0.6 is 0 Å². The molecule has 0 aliphatic carbocycles. The van der Waals surface area contributed by atoms with Crippen LogP contribution in [-0.4, -0.2) is 219 Å². The average Bonchev–Trinajstić information content (AvgIpc) is 3.38. The van der Waals surface area contributed by atoms with Crippen molar-refractivity contribution in [1.29, 1.82) is 0 Å². The van der Waals surface area contributed by atoms with Gasteiger partial charge in [0.15, 0.2) is 48.3 Å². The molecule has 15 N–H and O–H groups in total. The van der Waals surface area contributed by atoms with Crippen molar-refractivity contribution < 1.29 is 128 Å². The van der Waals surface area contributed by atoms with Gasteiger partial charge in [-0.1, -0.05) is 12.1 Å². The summed E-state index contributed by atoms with van der Waals surface area (Å²) < 4.78 is 58.5. The Morgan fingerprint density at radius 1 is 0.587 bits per heavy atom. The molecule has 20 atom stereocenters. The first-order valence-corrected chi connectivity index (χ1v) is 23.2. The van der Waals surface area contributed by atoms with Crippen LogP contribution in [0, 0.1) is 0 Å². The molecule has 3 aromatic carbocycles. The number of fused-ring (bicyclic) bond motifs is 1. The highest BCUT2D eigenvalue weighted by Gasteiger charge is 2.54. The van der Waals surface area contributed by atoms with E-state index in [0.717, 1.165) is 30.3 Å². The summed E-state index contributed by atoms with van der Waals surface area (Å²) >= 11 is 0. The lowest BCUT2D eigenvalue weighted by molar-refractivity contribution is -0.368. The van der Waals surface area contributed by atoms with E-state index in [0.29, 0.717) is 5.56 Å². The molecule has 4 aliphatic rings. The maximum absolute atomic E-state index is 14.4. The van der Waals surface area contributed by atoms with E-state index in [4.69, 9.17) is 47.0 Å². The quantitative estimate of drug-likeness (QED) is 0.0339. The van der Waals surface area contributed by atoms with Gasteiger partial charge in [-0.05, 0) is 55.8 Å². The van der Waals surface area contributed by atoms with Gasteiger partial charge in [-0.2, -0.15) is 0 Å². The first-order valence-electron chi connectivity index (χ1n) is 23.2. The lowest BCUT2D eigenvalue weighted by atomic mass is 9.96. The number of benzene rings is 3. The summed E-state index contributed by atoms with van der Waals surface area (Å²) in [5.74, 6) is -5.11. The van der Waals surface area contributed by atoms with Gasteiger partial charge in [0.1, 0.15) is 101 Å². The number of ether oxygens (including phenoxy) is 9. The van der Waals surface area contributed by atoms with Crippen LogP contribution in [0.2, 0.25) is 0 Å². The summed E-state index contributed by atoms with van der Waals surface area (Å²) in [7, 11) is 0. The van der Waals surface area contributed by atoms with Crippen molar-refractivity contribution in [3.8, 4) is 45.8 Å². The van der Waals surface area contributed by atoms with Crippen molar-refractivity contribution in [2.75, 3.05) is 13.2 Å². The first kappa shape index (κ1) is 55.4. The summed E-state index contributed by atoms with van der Waals surface area (Å²) in [6.45, 7) is 0.915. The fourth-order valence-corrected chi connectivity index (χ4v) is 8.80. The van der Waals surface area contributed by atoms with Gasteiger partial charge in [0.05, 0.1) is 25.4 Å². The van der Waals surface area contributed by atoms with Crippen LogP contribution in [0.5, 0.6) is 34.5 Å². The van der Waals surface area contributed by atoms with Gasteiger partial charge < -0.3 is 124 Å². The first-order chi connectivity index (χ1) is 35.6. The fourth-order valence-electron chi connectivity index (χ4n) is 8.80. The molecule has 0 amide bonds. The Morgan fingerprint density at radius 3 is 1.89 bits per heavy atom. The summed E-state index contributed by atoms with van der Waals surface area (Å²) in [5.41, 5.74) is -1.28. The molecule has 4 aromatic rings. The number of carbonyl (C=O) groups is 1. The maximum atomic E-state index is 14.4. The minimum atomic E-state index is -2.19. The van der Waals surface area contributed by atoms with Gasteiger partial charge >= 0.3 is 5.97 Å². The molecule has 27 heteroatoms. The molecular weight excluding hydrogens is 1010 g/mol. The minimum Gasteiger partial charge on any atom is -0.508 e. The second-order valence-electron chi connectivity index (χ2n) is 18.2. The van der Waals surface area contributed by atoms with Crippen molar-refractivity contribution in [1.82, 2.24) is 0 Å². The van der Waals surface area contributed by atoms with E-state index in [2.05, 4.69) is 0 Å². The standard InChI is InChI=1S/C48H56O27/c1-16-30(56)34(60)37(63)46(67-16)75-44-36(62)32(58)27(71-48(44)74-42-33(59)29-24(54)12-21(51)13-25(29)69-41(42)19-6-9-22(52)23(53)11-19)15-66-45-39(65)43(73-47-38(64)35(61)31(57)26(14-49)70-47)40(17(2)68-45)72-28(55)10-5-18-3-7-20(50)8-4-18/h3-13,16-17,26-27,30-32,34-40,43-54,56-58,60-65H,14-15H2,1-2H3. The molecule has 27 nitrogen and oxygen atoms in total. The SMILES string of the molecule is CC1OC(OC2C(Oc3c(-c4ccc(O)c(O)c4)oc4cc(O)cc(O)c4c3=O)OC(COC3OC(C)C(OC(=O)C=Cc4ccc(O)cc4)C(OC4OC(CO)C(O)C(O)C4O)C3O)C(O)C2O)C(O)C(O)C1O. The minimum absolute atomic E-state index is 0.0405. The third-order valence-corrected chi connectivity index (χ3v) is 13.0. The number of esters is 1. The largest absolute Gasteiger partial charge is 0.508 e. The molecule has 0 saturated carbocycles. The van der Waals surface area contributed by atoms with Crippen LogP contribution in [0.3, 0.4) is 0 Å². The van der Waals surface area contributed by atoms with Crippen LogP contribution in [0.15, 0.2) is 69.9 Å². The van der Waals surface area contributed by atoms with E-state index in [1.807, 2.05) is 0 Å². The molecule has 410 valence electrons. The van der Waals surface area contributed by atoms with Gasteiger partial charge in [-0.15, -0.1) is 0 Å². The summed E-state index contributed by atoms with van der Waals surface area (Å²) in [4.78, 5) is 27.6. The molecule has 4 saturated heterocycles. The molecule has 0 spiro atoms. The molecule has 5 heterocycles. The summed E-state index contributed by atoms with van der Waals surface area (Å²) in [6.07, 6.45) is -34.4. The topological polar surface area (TPSA) is 434 Å². The maximum Gasteiger partial charge on any atom is 0.331 e. The number of phenolic OH excluding ortho intramolecular Hbond substituents is 5. The lowest BCUT2D eigenvalue weighted by Crippen LogP contribution is -2.66. The second kappa shape index (κ2) is 22.8. The fraction of sp³-hybridized carbons (Fsp3) is 0.500. The van der Waals surface area contributed by atoms with E-state index >= 15 is 0 Å². The van der Waals surface area contributed by atoms with Crippen molar-refractivity contribution >= 4 is 23.0 Å². The Labute approximate surface area is 422 Å². The number of aliphatic hydroxyl groups is 10. The van der Waals surface area contributed by atoms with E-state index in [1.54, 1.807) is 0 Å². The molecular formula is C48H56O27. The van der Waals surface area contributed by atoms with Crippen LogP contribution < -0.4 is 10.2 Å². The molecule has 4 fully saturated rings.